The van der Waals surface area contributed by atoms with E-state index in [0.29, 0.717) is 30.9 Å². The van der Waals surface area contributed by atoms with Gasteiger partial charge in [0.2, 0.25) is 0 Å². The van der Waals surface area contributed by atoms with Crippen LogP contribution in [0, 0.1) is 13.7 Å². The van der Waals surface area contributed by atoms with Crippen molar-refractivity contribution in [3.8, 4) is 11.5 Å². The Morgan fingerprint density at radius 3 is 2.77 bits per heavy atom. The van der Waals surface area contributed by atoms with Gasteiger partial charge in [0.25, 0.3) is 11.6 Å². The number of hydrazone groups is 1. The Hall–Kier alpha value is -3.26. The Labute approximate surface area is 192 Å². The molecule has 1 amide bonds. The number of ether oxygens (including phenoxy) is 2. The number of nitrogens with zero attached hydrogens (tertiary/aromatic N) is 2. The highest BCUT2D eigenvalue weighted by molar-refractivity contribution is 14.1. The lowest BCUT2D eigenvalue weighted by Crippen LogP contribution is -2.16. The van der Waals surface area contributed by atoms with E-state index in [-0.39, 0.29) is 5.69 Å². The molecule has 1 aromatic heterocycles. The number of hydrogen-bond donors (Lipinski definition) is 2. The molecule has 0 fully saturated rings. The minimum atomic E-state index is -1.11. The van der Waals surface area contributed by atoms with E-state index in [1.54, 1.807) is 24.3 Å². The molecular weight excluding hydrogens is 541 g/mol. The van der Waals surface area contributed by atoms with Crippen LogP contribution in [0.25, 0.3) is 10.1 Å². The number of carbonyl (C=O) groups excluding carboxylic acids is 1. The predicted molar refractivity (Wildman–Crippen MR) is 122 cm³/mol. The van der Waals surface area contributed by atoms with Crippen LogP contribution in [0.3, 0.4) is 0 Å². The monoisotopic (exact) mass is 555 g/mol. The van der Waals surface area contributed by atoms with E-state index in [1.807, 2.05) is 22.6 Å². The average Bonchev–Trinajstić information content (AvgIpc) is 3.15. The van der Waals surface area contributed by atoms with E-state index in [0.717, 1.165) is 4.70 Å². The number of methoxy groups -OCH3 is 1. The molecule has 0 unspecified atom stereocenters. The number of carboxylic acid groups (broad SMARTS) is 1. The van der Waals surface area contributed by atoms with Crippen molar-refractivity contribution in [3.05, 3.63) is 60.5 Å². The second kappa shape index (κ2) is 9.70. The van der Waals surface area contributed by atoms with Gasteiger partial charge in [-0.05, 0) is 52.4 Å². The van der Waals surface area contributed by atoms with Crippen LogP contribution in [0.4, 0.5) is 5.69 Å². The van der Waals surface area contributed by atoms with Gasteiger partial charge >= 0.3 is 5.97 Å². The minimum Gasteiger partial charge on any atom is -0.493 e. The van der Waals surface area contributed by atoms with Gasteiger partial charge in [-0.25, -0.2) is 10.2 Å². The summed E-state index contributed by atoms with van der Waals surface area (Å²) in [7, 11) is 1.42. The molecule has 10 nitrogen and oxygen atoms in total. The number of benzene rings is 2. The summed E-state index contributed by atoms with van der Waals surface area (Å²) in [6.07, 6.45) is 1.40. The summed E-state index contributed by atoms with van der Waals surface area (Å²) in [5, 5.41) is 24.2. The molecule has 0 aliphatic rings. The standard InChI is InChI=1S/C19H14IN3O7S/c1-29-14-5-10(4-13(20)18(14)30-9-17(24)25)8-21-22-19(26)16-7-11-6-12(23(27)28)2-3-15(11)31-16/h2-8H,9H2,1H3,(H,22,26)(H,24,25)/b21-8-. The highest BCUT2D eigenvalue weighted by Crippen LogP contribution is 2.33. The smallest absolute Gasteiger partial charge is 0.341 e. The molecule has 3 aromatic rings. The Balaban J connectivity index is 1.73. The van der Waals surface area contributed by atoms with Crippen LogP contribution in [0.5, 0.6) is 11.5 Å². The summed E-state index contributed by atoms with van der Waals surface area (Å²) in [6, 6.07) is 9.24. The fourth-order valence-corrected chi connectivity index (χ4v) is 4.28. The molecule has 0 spiro atoms. The summed E-state index contributed by atoms with van der Waals surface area (Å²) in [5.74, 6) is -0.941. The van der Waals surface area contributed by atoms with Crippen molar-refractivity contribution in [1.82, 2.24) is 5.43 Å². The predicted octanol–water partition coefficient (Wildman–Crippen LogP) is 3.65. The maximum atomic E-state index is 12.4. The second-order valence-electron chi connectivity index (χ2n) is 6.01. The maximum absolute atomic E-state index is 12.4. The third kappa shape index (κ3) is 5.46. The van der Waals surface area contributed by atoms with Crippen LogP contribution in [0.15, 0.2) is 41.5 Å². The van der Waals surface area contributed by atoms with E-state index < -0.39 is 23.4 Å². The average molecular weight is 555 g/mol. The number of nitro benzene ring substituents is 1. The van der Waals surface area contributed by atoms with Gasteiger partial charge < -0.3 is 14.6 Å². The number of nitrogens with one attached hydrogen (secondary N) is 1. The van der Waals surface area contributed by atoms with Crippen LogP contribution in [0.2, 0.25) is 0 Å². The van der Waals surface area contributed by atoms with Crippen molar-refractivity contribution in [2.45, 2.75) is 0 Å². The van der Waals surface area contributed by atoms with Gasteiger partial charge in [-0.3, -0.25) is 14.9 Å². The van der Waals surface area contributed by atoms with Gasteiger partial charge in [0, 0.05) is 22.2 Å². The molecule has 0 radical (unpaired) electrons. The summed E-state index contributed by atoms with van der Waals surface area (Å²) in [4.78, 5) is 33.8. The van der Waals surface area contributed by atoms with Crippen molar-refractivity contribution in [2.75, 3.05) is 13.7 Å². The number of amides is 1. The topological polar surface area (TPSA) is 140 Å². The molecule has 0 aliphatic heterocycles. The number of halogens is 1. The zero-order chi connectivity index (χ0) is 22.5. The third-order valence-corrected chi connectivity index (χ3v) is 5.82. The Kier molecular flexibility index (Phi) is 7.02. The maximum Gasteiger partial charge on any atom is 0.341 e. The number of nitro groups is 1. The number of non-ortho nitro benzene ring substituents is 1. The van der Waals surface area contributed by atoms with Crippen molar-refractivity contribution in [2.24, 2.45) is 5.10 Å². The van der Waals surface area contributed by atoms with Gasteiger partial charge in [-0.2, -0.15) is 5.10 Å². The quantitative estimate of drug-likeness (QED) is 0.187. The van der Waals surface area contributed by atoms with Crippen LogP contribution >= 0.6 is 33.9 Å². The molecule has 0 saturated carbocycles. The number of fused-ring (bicyclic) bond motifs is 1. The van der Waals surface area contributed by atoms with E-state index in [1.165, 1.54) is 36.8 Å². The molecular formula is C19H14IN3O7S. The first-order valence-electron chi connectivity index (χ1n) is 8.52. The van der Waals surface area contributed by atoms with Crippen molar-refractivity contribution < 1.29 is 29.1 Å². The number of thiophene rings is 1. The number of hydrogen-bond acceptors (Lipinski definition) is 8. The summed E-state index contributed by atoms with van der Waals surface area (Å²) >= 11 is 3.17. The SMILES string of the molecule is COc1cc(/C=N\NC(=O)c2cc3cc([N+](=O)[O-])ccc3s2)cc(I)c1OCC(=O)O. The Bertz CT molecular complexity index is 1210. The van der Waals surface area contributed by atoms with Crippen LogP contribution in [-0.4, -0.2) is 41.8 Å². The Morgan fingerprint density at radius 1 is 1.32 bits per heavy atom. The summed E-state index contributed by atoms with van der Waals surface area (Å²) in [5.41, 5.74) is 2.96. The van der Waals surface area contributed by atoms with Crippen molar-refractivity contribution in [1.29, 1.82) is 0 Å². The van der Waals surface area contributed by atoms with Crippen LogP contribution < -0.4 is 14.9 Å². The lowest BCUT2D eigenvalue weighted by molar-refractivity contribution is -0.384. The summed E-state index contributed by atoms with van der Waals surface area (Å²) < 4.78 is 11.8. The van der Waals surface area contributed by atoms with Crippen LogP contribution in [0.1, 0.15) is 15.2 Å². The first kappa shape index (κ1) is 22.4. The minimum absolute atomic E-state index is 0.0467. The number of carboxylic acids is 1. The lowest BCUT2D eigenvalue weighted by Gasteiger charge is -2.12. The van der Waals surface area contributed by atoms with Crippen molar-refractivity contribution in [3.63, 3.8) is 0 Å². The number of rotatable bonds is 8. The van der Waals surface area contributed by atoms with E-state index >= 15 is 0 Å². The molecule has 3 rings (SSSR count). The molecule has 0 aliphatic carbocycles. The fourth-order valence-electron chi connectivity index (χ4n) is 2.57. The first-order valence-corrected chi connectivity index (χ1v) is 10.4. The lowest BCUT2D eigenvalue weighted by atomic mass is 10.2. The molecule has 2 N–H and O–H groups in total. The zero-order valence-corrected chi connectivity index (χ0v) is 18.8. The summed E-state index contributed by atoms with van der Waals surface area (Å²) in [6.45, 7) is -0.506. The fraction of sp³-hybridized carbons (Fsp3) is 0.105. The van der Waals surface area contributed by atoms with Crippen LogP contribution in [-0.2, 0) is 4.79 Å². The van der Waals surface area contributed by atoms with Gasteiger partial charge in [-0.1, -0.05) is 0 Å². The van der Waals surface area contributed by atoms with Crippen molar-refractivity contribution >= 4 is 67.8 Å². The molecule has 0 atom stereocenters. The largest absolute Gasteiger partial charge is 0.493 e. The van der Waals surface area contributed by atoms with Gasteiger partial charge in [0.15, 0.2) is 18.1 Å². The van der Waals surface area contributed by atoms with Gasteiger partial charge in [0.05, 0.1) is 26.7 Å². The van der Waals surface area contributed by atoms with E-state index in [4.69, 9.17) is 14.6 Å². The third-order valence-electron chi connectivity index (χ3n) is 3.91. The van der Waals surface area contributed by atoms with Gasteiger partial charge in [-0.15, -0.1) is 11.3 Å². The highest BCUT2D eigenvalue weighted by Gasteiger charge is 2.14. The number of aliphatic carboxylic acids is 1. The molecule has 2 aromatic carbocycles. The molecule has 160 valence electrons. The molecule has 1 heterocycles. The molecule has 0 saturated heterocycles. The van der Waals surface area contributed by atoms with E-state index in [2.05, 4.69) is 10.5 Å². The highest BCUT2D eigenvalue weighted by atomic mass is 127. The number of carbonyl (C=O) groups is 2. The zero-order valence-electron chi connectivity index (χ0n) is 15.8. The molecule has 0 bridgehead atoms. The van der Waals surface area contributed by atoms with Gasteiger partial charge in [0.1, 0.15) is 0 Å². The first-order chi connectivity index (χ1) is 14.8. The van der Waals surface area contributed by atoms with E-state index in [9.17, 15) is 19.7 Å². The normalized spacial score (nSPS) is 10.9. The molecule has 12 heteroatoms. The second-order valence-corrected chi connectivity index (χ2v) is 8.25. The Morgan fingerprint density at radius 2 is 2.10 bits per heavy atom. The molecule has 31 heavy (non-hydrogen) atoms.